The van der Waals surface area contributed by atoms with Crippen LogP contribution >= 0.6 is 0 Å². The smallest absolute Gasteiger partial charge is 0.322 e. The van der Waals surface area contributed by atoms with E-state index in [4.69, 9.17) is 0 Å². The van der Waals surface area contributed by atoms with Gasteiger partial charge in [0.25, 0.3) is 0 Å². The summed E-state index contributed by atoms with van der Waals surface area (Å²) in [7, 11) is 0. The Labute approximate surface area is 115 Å². The Morgan fingerprint density at radius 2 is 2.00 bits per heavy atom. The zero-order chi connectivity index (χ0) is 14.1. The van der Waals surface area contributed by atoms with Gasteiger partial charge in [0.15, 0.2) is 0 Å². The molecule has 1 atom stereocenters. The maximum atomic E-state index is 11.2. The maximum absolute atomic E-state index is 11.2. The molecule has 0 bridgehead atoms. The van der Waals surface area contributed by atoms with Gasteiger partial charge in [-0.1, -0.05) is 38.5 Å². The van der Waals surface area contributed by atoms with Gasteiger partial charge in [-0.15, -0.1) is 0 Å². The van der Waals surface area contributed by atoms with Gasteiger partial charge in [-0.2, -0.15) is 0 Å². The molecule has 0 aromatic heterocycles. The van der Waals surface area contributed by atoms with Gasteiger partial charge in [0.05, 0.1) is 0 Å². The van der Waals surface area contributed by atoms with E-state index in [-0.39, 0.29) is 0 Å². The molecule has 1 aromatic rings. The van der Waals surface area contributed by atoms with E-state index in [2.05, 4.69) is 17.1 Å². The van der Waals surface area contributed by atoms with Crippen molar-refractivity contribution in [2.24, 2.45) is 0 Å². The molecular formula is C15H24N2O2. The van der Waals surface area contributed by atoms with E-state index < -0.39 is 12.0 Å². The van der Waals surface area contributed by atoms with Crippen molar-refractivity contribution in [3.05, 3.63) is 30.3 Å². The average molecular weight is 264 g/mol. The second-order valence-corrected chi connectivity index (χ2v) is 4.58. The third-order valence-electron chi connectivity index (χ3n) is 3.05. The summed E-state index contributed by atoms with van der Waals surface area (Å²) < 4.78 is 0. The summed E-state index contributed by atoms with van der Waals surface area (Å²) in [5, 5.41) is 12.3. The van der Waals surface area contributed by atoms with Gasteiger partial charge in [-0.3, -0.25) is 4.79 Å². The summed E-state index contributed by atoms with van der Waals surface area (Å²) in [5.74, 6) is -0.792. The van der Waals surface area contributed by atoms with Crippen molar-refractivity contribution < 1.29 is 9.90 Å². The second-order valence-electron chi connectivity index (χ2n) is 4.58. The number of carbonyl (C=O) groups is 1. The molecule has 0 fully saturated rings. The fourth-order valence-electron chi connectivity index (χ4n) is 2.01. The fraction of sp³-hybridized carbons (Fsp3) is 0.533. The summed E-state index contributed by atoms with van der Waals surface area (Å²) in [5.41, 5.74) is 1.08. The number of nitrogens with zero attached hydrogens (tertiary/aromatic N) is 1. The van der Waals surface area contributed by atoms with Gasteiger partial charge in [0.2, 0.25) is 0 Å². The van der Waals surface area contributed by atoms with Crippen LogP contribution in [0.2, 0.25) is 0 Å². The van der Waals surface area contributed by atoms with Crippen molar-refractivity contribution in [1.82, 2.24) is 5.32 Å². The number of unbranched alkanes of at least 4 members (excludes halogenated alkanes) is 1. The first kappa shape index (κ1) is 15.5. The monoisotopic (exact) mass is 264 g/mol. The van der Waals surface area contributed by atoms with Crippen molar-refractivity contribution in [2.75, 3.05) is 24.5 Å². The minimum Gasteiger partial charge on any atom is -0.480 e. The van der Waals surface area contributed by atoms with Crippen LogP contribution < -0.4 is 10.2 Å². The number of nitrogens with one attached hydrogen (secondary N) is 1. The Morgan fingerprint density at radius 1 is 1.32 bits per heavy atom. The molecule has 0 amide bonds. The topological polar surface area (TPSA) is 52.6 Å². The van der Waals surface area contributed by atoms with Crippen LogP contribution in [0.25, 0.3) is 0 Å². The third kappa shape index (κ3) is 5.30. The lowest BCUT2D eigenvalue weighted by atomic mass is 10.2. The number of carboxylic acid groups (broad SMARTS) is 1. The Morgan fingerprint density at radius 3 is 2.53 bits per heavy atom. The predicted molar refractivity (Wildman–Crippen MR) is 78.7 cm³/mol. The Bertz CT molecular complexity index is 368. The highest BCUT2D eigenvalue weighted by atomic mass is 16.4. The normalized spacial score (nSPS) is 12.1. The lowest BCUT2D eigenvalue weighted by molar-refractivity contribution is -0.139. The number of para-hydroxylation sites is 1. The molecule has 0 aliphatic heterocycles. The minimum absolute atomic E-state index is 0.493. The van der Waals surface area contributed by atoms with Crippen molar-refractivity contribution in [2.45, 2.75) is 32.7 Å². The van der Waals surface area contributed by atoms with Crippen molar-refractivity contribution in [3.63, 3.8) is 0 Å². The van der Waals surface area contributed by atoms with Gasteiger partial charge in [0.1, 0.15) is 6.04 Å². The van der Waals surface area contributed by atoms with Gasteiger partial charge in [-0.25, -0.2) is 0 Å². The summed E-state index contributed by atoms with van der Waals surface area (Å²) in [6, 6.07) is 9.47. The zero-order valence-electron chi connectivity index (χ0n) is 11.8. The molecule has 0 radical (unpaired) electrons. The van der Waals surface area contributed by atoms with Crippen LogP contribution in [0.15, 0.2) is 30.3 Å². The Balaban J connectivity index is 2.76. The zero-order valence-corrected chi connectivity index (χ0v) is 11.8. The van der Waals surface area contributed by atoms with Crippen LogP contribution in [0.5, 0.6) is 0 Å². The van der Waals surface area contributed by atoms with E-state index in [0.717, 1.165) is 25.1 Å². The second kappa shape index (κ2) is 8.53. The number of hydrogen-bond acceptors (Lipinski definition) is 3. The molecular weight excluding hydrogens is 240 g/mol. The largest absolute Gasteiger partial charge is 0.480 e. The average Bonchev–Trinajstić information content (AvgIpc) is 2.43. The lowest BCUT2D eigenvalue weighted by Gasteiger charge is -2.28. The molecule has 4 nitrogen and oxygen atoms in total. The number of hydrogen-bond donors (Lipinski definition) is 2. The van der Waals surface area contributed by atoms with E-state index in [1.807, 2.05) is 37.3 Å². The first-order valence-electron chi connectivity index (χ1n) is 6.95. The van der Waals surface area contributed by atoms with Gasteiger partial charge < -0.3 is 15.3 Å². The molecule has 19 heavy (non-hydrogen) atoms. The van der Waals surface area contributed by atoms with E-state index in [1.165, 1.54) is 0 Å². The molecule has 1 unspecified atom stereocenters. The third-order valence-corrected chi connectivity index (χ3v) is 3.05. The van der Waals surface area contributed by atoms with E-state index in [9.17, 15) is 9.90 Å². The first-order valence-corrected chi connectivity index (χ1v) is 6.95. The van der Waals surface area contributed by atoms with Crippen LogP contribution in [0, 0.1) is 0 Å². The quantitative estimate of drug-likeness (QED) is 0.719. The van der Waals surface area contributed by atoms with E-state index >= 15 is 0 Å². The summed E-state index contributed by atoms with van der Waals surface area (Å²) in [6.45, 7) is 6.10. The molecule has 106 valence electrons. The standard InChI is InChI=1S/C15H24N2O2/c1-3-5-11-17(13-9-7-6-8-10-13)12-14(15(18)19)16-4-2/h6-10,14,16H,3-5,11-12H2,1-2H3,(H,18,19). The summed E-state index contributed by atoms with van der Waals surface area (Å²) in [4.78, 5) is 13.4. The van der Waals surface area contributed by atoms with Crippen molar-refractivity contribution in [1.29, 1.82) is 0 Å². The van der Waals surface area contributed by atoms with E-state index in [1.54, 1.807) is 0 Å². The SMILES string of the molecule is CCCCN(CC(NCC)C(=O)O)c1ccccc1. The summed E-state index contributed by atoms with van der Waals surface area (Å²) in [6.07, 6.45) is 2.16. The number of rotatable bonds is 9. The predicted octanol–water partition coefficient (Wildman–Crippen LogP) is 2.36. The van der Waals surface area contributed by atoms with Crippen LogP contribution in [-0.2, 0) is 4.79 Å². The van der Waals surface area contributed by atoms with Crippen LogP contribution in [0.1, 0.15) is 26.7 Å². The fourth-order valence-corrected chi connectivity index (χ4v) is 2.01. The van der Waals surface area contributed by atoms with Crippen LogP contribution in [-0.4, -0.2) is 36.8 Å². The van der Waals surface area contributed by atoms with Crippen LogP contribution in [0.3, 0.4) is 0 Å². The first-order chi connectivity index (χ1) is 9.19. The molecule has 4 heteroatoms. The molecule has 0 saturated carbocycles. The number of aliphatic carboxylic acids is 1. The van der Waals surface area contributed by atoms with E-state index in [0.29, 0.717) is 13.1 Å². The molecule has 0 spiro atoms. The van der Waals surface area contributed by atoms with Crippen molar-refractivity contribution in [3.8, 4) is 0 Å². The number of carboxylic acids is 1. The molecule has 2 N–H and O–H groups in total. The van der Waals surface area contributed by atoms with Gasteiger partial charge in [0, 0.05) is 18.8 Å². The molecule has 0 heterocycles. The highest BCUT2D eigenvalue weighted by Gasteiger charge is 2.19. The lowest BCUT2D eigenvalue weighted by Crippen LogP contribution is -2.46. The molecule has 1 aromatic carbocycles. The van der Waals surface area contributed by atoms with Gasteiger partial charge >= 0.3 is 5.97 Å². The highest BCUT2D eigenvalue weighted by Crippen LogP contribution is 2.14. The minimum atomic E-state index is -0.792. The molecule has 1 rings (SSSR count). The van der Waals surface area contributed by atoms with Crippen molar-refractivity contribution >= 4 is 11.7 Å². The molecule has 0 saturated heterocycles. The van der Waals surface area contributed by atoms with Crippen LogP contribution in [0.4, 0.5) is 5.69 Å². The highest BCUT2D eigenvalue weighted by molar-refractivity contribution is 5.74. The Kier molecular flexibility index (Phi) is 6.97. The molecule has 0 aliphatic rings. The number of likely N-dealkylation sites (N-methyl/N-ethyl adjacent to an activating group) is 1. The number of anilines is 1. The number of benzene rings is 1. The van der Waals surface area contributed by atoms with Gasteiger partial charge in [-0.05, 0) is 25.1 Å². The summed E-state index contributed by atoms with van der Waals surface area (Å²) >= 11 is 0. The maximum Gasteiger partial charge on any atom is 0.322 e. The Hall–Kier alpha value is -1.55. The molecule has 0 aliphatic carbocycles.